The Kier molecular flexibility index (Phi) is 4.62. The molecule has 24 heavy (non-hydrogen) atoms. The molecule has 0 saturated carbocycles. The number of benzene rings is 2. The molecule has 2 aromatic carbocycles. The second kappa shape index (κ2) is 6.84. The van der Waals surface area contributed by atoms with Gasteiger partial charge in [-0.05, 0) is 32.5 Å². The summed E-state index contributed by atoms with van der Waals surface area (Å²) in [6, 6.07) is 13.9. The Morgan fingerprint density at radius 3 is 2.71 bits per heavy atom. The molecule has 0 radical (unpaired) electrons. The second-order valence-electron chi connectivity index (χ2n) is 6.15. The van der Waals surface area contributed by atoms with E-state index in [0.717, 1.165) is 35.2 Å². The van der Waals surface area contributed by atoms with Crippen molar-refractivity contribution in [2.75, 3.05) is 26.0 Å². The van der Waals surface area contributed by atoms with Gasteiger partial charge in [0.2, 0.25) is 0 Å². The number of nitrogens with one attached hydrogen (secondary N) is 1. The fourth-order valence-corrected chi connectivity index (χ4v) is 2.71. The number of likely N-dealkylation sites (N-methyl/N-ethyl adjacent to an activating group) is 1. The molecule has 0 bridgehead atoms. The largest absolute Gasteiger partial charge is 0.321 e. The first-order chi connectivity index (χ1) is 11.6. The first-order valence-electron chi connectivity index (χ1n) is 8.02. The summed E-state index contributed by atoms with van der Waals surface area (Å²) in [5, 5.41) is 9.50. The minimum atomic E-state index is -0.125. The number of hydrogen-bond donors (Lipinski definition) is 1. The number of carbonyl (C=O) groups excluding carboxylic acids is 1. The highest BCUT2D eigenvalue weighted by atomic mass is 16.1. The third kappa shape index (κ3) is 3.31. The van der Waals surface area contributed by atoms with Gasteiger partial charge < -0.3 is 10.2 Å². The van der Waals surface area contributed by atoms with Crippen LogP contribution in [-0.2, 0) is 6.54 Å². The Balaban J connectivity index is 1.82. The summed E-state index contributed by atoms with van der Waals surface area (Å²) in [5.74, 6) is -0.125. The van der Waals surface area contributed by atoms with Crippen molar-refractivity contribution >= 4 is 22.4 Å². The zero-order chi connectivity index (χ0) is 17.1. The molecule has 1 aromatic heterocycles. The summed E-state index contributed by atoms with van der Waals surface area (Å²) < 4.78 is 1.87. The van der Waals surface area contributed by atoms with Gasteiger partial charge in [-0.25, -0.2) is 0 Å². The number of nitrogens with zero attached hydrogens (tertiary/aromatic N) is 3. The molecule has 0 aliphatic heterocycles. The van der Waals surface area contributed by atoms with E-state index < -0.39 is 0 Å². The van der Waals surface area contributed by atoms with Gasteiger partial charge in [-0.2, -0.15) is 5.10 Å². The van der Waals surface area contributed by atoms with Crippen LogP contribution in [0.15, 0.2) is 48.7 Å². The summed E-state index contributed by atoms with van der Waals surface area (Å²) in [4.78, 5) is 14.7. The van der Waals surface area contributed by atoms with E-state index in [1.807, 2.05) is 68.2 Å². The standard InChI is InChI=1S/C19H22N4O/c1-14-17(13-20-23(14)12-11-22(2)3)19(24)21-18-10-6-8-15-7-4-5-9-16(15)18/h4-10,13H,11-12H2,1-3H3,(H,21,24). The fourth-order valence-electron chi connectivity index (χ4n) is 2.71. The average Bonchev–Trinajstić information content (AvgIpc) is 2.94. The van der Waals surface area contributed by atoms with E-state index >= 15 is 0 Å². The first-order valence-corrected chi connectivity index (χ1v) is 8.02. The van der Waals surface area contributed by atoms with E-state index in [0.29, 0.717) is 5.56 Å². The molecule has 0 saturated heterocycles. The molecule has 3 rings (SSSR count). The van der Waals surface area contributed by atoms with Crippen LogP contribution in [0.1, 0.15) is 16.1 Å². The fraction of sp³-hybridized carbons (Fsp3) is 0.263. The Bertz CT molecular complexity index is 861. The zero-order valence-corrected chi connectivity index (χ0v) is 14.3. The lowest BCUT2D eigenvalue weighted by molar-refractivity contribution is 0.102. The lowest BCUT2D eigenvalue weighted by atomic mass is 10.1. The van der Waals surface area contributed by atoms with Gasteiger partial charge in [0, 0.05) is 23.3 Å². The molecule has 5 heteroatoms. The molecule has 5 nitrogen and oxygen atoms in total. The maximum absolute atomic E-state index is 12.7. The molecule has 0 aliphatic rings. The van der Waals surface area contributed by atoms with Gasteiger partial charge in [0.1, 0.15) is 0 Å². The molecule has 3 aromatic rings. The van der Waals surface area contributed by atoms with Crippen LogP contribution in [0, 0.1) is 6.92 Å². The van der Waals surface area contributed by atoms with Crippen molar-refractivity contribution in [2.45, 2.75) is 13.5 Å². The molecule has 1 amide bonds. The third-order valence-electron chi connectivity index (χ3n) is 4.14. The van der Waals surface area contributed by atoms with E-state index in [1.165, 1.54) is 0 Å². The Labute approximate surface area is 141 Å². The van der Waals surface area contributed by atoms with Crippen LogP contribution in [0.25, 0.3) is 10.8 Å². The van der Waals surface area contributed by atoms with Crippen LogP contribution in [-0.4, -0.2) is 41.2 Å². The van der Waals surface area contributed by atoms with Crippen LogP contribution in [0.4, 0.5) is 5.69 Å². The Morgan fingerprint density at radius 1 is 1.17 bits per heavy atom. The number of carbonyl (C=O) groups is 1. The quantitative estimate of drug-likeness (QED) is 0.785. The lowest BCUT2D eigenvalue weighted by Gasteiger charge is -2.11. The van der Waals surface area contributed by atoms with Gasteiger partial charge in [0.05, 0.1) is 18.3 Å². The van der Waals surface area contributed by atoms with Crippen LogP contribution in [0.2, 0.25) is 0 Å². The van der Waals surface area contributed by atoms with Crippen molar-refractivity contribution in [1.82, 2.24) is 14.7 Å². The van der Waals surface area contributed by atoms with Crippen molar-refractivity contribution < 1.29 is 4.79 Å². The molecule has 1 N–H and O–H groups in total. The molecular formula is C19H22N4O. The van der Waals surface area contributed by atoms with E-state index in [-0.39, 0.29) is 5.91 Å². The normalized spacial score (nSPS) is 11.2. The van der Waals surface area contributed by atoms with Crippen molar-refractivity contribution in [3.8, 4) is 0 Å². The minimum Gasteiger partial charge on any atom is -0.321 e. The predicted octanol–water partition coefficient (Wildman–Crippen LogP) is 3.16. The highest BCUT2D eigenvalue weighted by molar-refractivity contribution is 6.09. The maximum atomic E-state index is 12.7. The minimum absolute atomic E-state index is 0.125. The molecule has 124 valence electrons. The molecule has 0 unspecified atom stereocenters. The van der Waals surface area contributed by atoms with Gasteiger partial charge in [0.15, 0.2) is 0 Å². The molecular weight excluding hydrogens is 300 g/mol. The summed E-state index contributed by atoms with van der Waals surface area (Å²) in [6.45, 7) is 3.58. The number of aromatic nitrogens is 2. The Hall–Kier alpha value is -2.66. The van der Waals surface area contributed by atoms with Gasteiger partial charge >= 0.3 is 0 Å². The zero-order valence-electron chi connectivity index (χ0n) is 14.3. The van der Waals surface area contributed by atoms with Crippen LogP contribution in [0.3, 0.4) is 0 Å². The number of amides is 1. The highest BCUT2D eigenvalue weighted by Crippen LogP contribution is 2.23. The average molecular weight is 322 g/mol. The van der Waals surface area contributed by atoms with Crippen molar-refractivity contribution in [3.63, 3.8) is 0 Å². The van der Waals surface area contributed by atoms with Crippen LogP contribution < -0.4 is 5.32 Å². The summed E-state index contributed by atoms with van der Waals surface area (Å²) in [5.41, 5.74) is 2.31. The lowest BCUT2D eigenvalue weighted by Crippen LogP contribution is -2.20. The molecule has 1 heterocycles. The topological polar surface area (TPSA) is 50.2 Å². The van der Waals surface area contributed by atoms with Crippen LogP contribution >= 0.6 is 0 Å². The third-order valence-corrected chi connectivity index (χ3v) is 4.14. The number of rotatable bonds is 5. The summed E-state index contributed by atoms with van der Waals surface area (Å²) in [7, 11) is 4.04. The van der Waals surface area contributed by atoms with Crippen LogP contribution in [0.5, 0.6) is 0 Å². The van der Waals surface area contributed by atoms with E-state index in [9.17, 15) is 4.79 Å². The van der Waals surface area contributed by atoms with Crippen molar-refractivity contribution in [3.05, 3.63) is 59.9 Å². The van der Waals surface area contributed by atoms with Crippen molar-refractivity contribution in [1.29, 1.82) is 0 Å². The van der Waals surface area contributed by atoms with E-state index in [1.54, 1.807) is 6.20 Å². The van der Waals surface area contributed by atoms with Gasteiger partial charge in [0.25, 0.3) is 5.91 Å². The number of fused-ring (bicyclic) bond motifs is 1. The SMILES string of the molecule is Cc1c(C(=O)Nc2cccc3ccccc23)cnn1CCN(C)C. The first kappa shape index (κ1) is 16.2. The van der Waals surface area contributed by atoms with Gasteiger partial charge in [-0.3, -0.25) is 9.48 Å². The summed E-state index contributed by atoms with van der Waals surface area (Å²) in [6.07, 6.45) is 1.64. The monoisotopic (exact) mass is 322 g/mol. The molecule has 0 spiro atoms. The number of anilines is 1. The smallest absolute Gasteiger partial charge is 0.259 e. The van der Waals surface area contributed by atoms with Gasteiger partial charge in [-0.15, -0.1) is 0 Å². The number of hydrogen-bond acceptors (Lipinski definition) is 3. The second-order valence-corrected chi connectivity index (χ2v) is 6.15. The van der Waals surface area contributed by atoms with Gasteiger partial charge in [-0.1, -0.05) is 36.4 Å². The van der Waals surface area contributed by atoms with E-state index in [2.05, 4.69) is 15.3 Å². The molecule has 0 fully saturated rings. The molecule has 0 atom stereocenters. The predicted molar refractivity (Wildman–Crippen MR) is 97.4 cm³/mol. The maximum Gasteiger partial charge on any atom is 0.259 e. The Morgan fingerprint density at radius 2 is 1.92 bits per heavy atom. The molecule has 0 aliphatic carbocycles. The summed E-state index contributed by atoms with van der Waals surface area (Å²) >= 11 is 0. The van der Waals surface area contributed by atoms with Crippen molar-refractivity contribution in [2.24, 2.45) is 0 Å². The highest BCUT2D eigenvalue weighted by Gasteiger charge is 2.15. The van der Waals surface area contributed by atoms with E-state index in [4.69, 9.17) is 0 Å².